The Morgan fingerprint density at radius 3 is 1.31 bits per heavy atom. The summed E-state index contributed by atoms with van der Waals surface area (Å²) in [6.45, 7) is 3.62. The second-order valence-electron chi connectivity index (χ2n) is 10.8. The van der Waals surface area contributed by atoms with Crippen LogP contribution in [0, 0.1) is 0 Å². The van der Waals surface area contributed by atoms with E-state index in [9.17, 15) is 14.2 Å². The van der Waals surface area contributed by atoms with E-state index in [0.29, 0.717) is 6.42 Å². The molecule has 0 fully saturated rings. The van der Waals surface area contributed by atoms with Crippen molar-refractivity contribution in [1.82, 2.24) is 0 Å². The molecule has 2 N–H and O–H groups in total. The number of phosphoric acid groups is 1. The molecule has 0 heterocycles. The molecule has 8 nitrogen and oxygen atoms in total. The summed E-state index contributed by atoms with van der Waals surface area (Å²) in [5.74, 6) is -0.883. The van der Waals surface area contributed by atoms with Gasteiger partial charge >= 0.3 is 19.8 Å². The van der Waals surface area contributed by atoms with Crippen molar-refractivity contribution in [3.8, 4) is 0 Å². The van der Waals surface area contributed by atoms with Gasteiger partial charge in [0.1, 0.15) is 6.61 Å². The lowest BCUT2D eigenvalue weighted by atomic mass is 10.0. The lowest BCUT2D eigenvalue weighted by Gasteiger charge is -2.18. The molecule has 0 aromatic heterocycles. The monoisotopic (exact) mass is 578 g/mol. The molecule has 9 heteroatoms. The molecule has 0 radical (unpaired) electrons. The van der Waals surface area contributed by atoms with E-state index in [1.165, 1.54) is 96.3 Å². The summed E-state index contributed by atoms with van der Waals surface area (Å²) in [5.41, 5.74) is 0. The number of carbonyl (C=O) groups is 2. The van der Waals surface area contributed by atoms with Gasteiger partial charge in [-0.25, -0.2) is 4.57 Å². The van der Waals surface area contributed by atoms with Gasteiger partial charge in [-0.15, -0.1) is 0 Å². The molecule has 0 rings (SSSR count). The van der Waals surface area contributed by atoms with E-state index < -0.39 is 32.5 Å². The Morgan fingerprint density at radius 1 is 0.564 bits per heavy atom. The summed E-state index contributed by atoms with van der Waals surface area (Å²) >= 11 is 0. The van der Waals surface area contributed by atoms with Gasteiger partial charge in [-0.1, -0.05) is 136 Å². The first kappa shape index (κ1) is 38.0. The van der Waals surface area contributed by atoms with Crippen molar-refractivity contribution in [3.63, 3.8) is 0 Å². The SMILES string of the molecule is CCCCCCCCCCCCCCCC(=O)O[C@H](COC(=O)CCCCCCCCCC)COP(=O)(O)O. The van der Waals surface area contributed by atoms with Gasteiger partial charge in [-0.05, 0) is 12.8 Å². The number of ether oxygens (including phenoxy) is 2. The van der Waals surface area contributed by atoms with Crippen LogP contribution < -0.4 is 0 Å². The van der Waals surface area contributed by atoms with E-state index in [1.54, 1.807) is 0 Å². The Bertz CT molecular complexity index is 622. The fraction of sp³-hybridized carbons (Fsp3) is 0.933. The number of phosphoric ester groups is 1. The van der Waals surface area contributed by atoms with Gasteiger partial charge in [0.2, 0.25) is 0 Å². The van der Waals surface area contributed by atoms with E-state index in [1.807, 2.05) is 0 Å². The minimum absolute atomic E-state index is 0.219. The van der Waals surface area contributed by atoms with Gasteiger partial charge in [0.05, 0.1) is 6.61 Å². The van der Waals surface area contributed by atoms with Crippen molar-refractivity contribution in [2.24, 2.45) is 0 Å². The topological polar surface area (TPSA) is 119 Å². The molecule has 0 unspecified atom stereocenters. The number of hydrogen-bond acceptors (Lipinski definition) is 6. The second-order valence-corrected chi connectivity index (χ2v) is 12.0. The summed E-state index contributed by atoms with van der Waals surface area (Å²) in [5, 5.41) is 0. The molecular weight excluding hydrogens is 519 g/mol. The summed E-state index contributed by atoms with van der Waals surface area (Å²) in [4.78, 5) is 42.3. The number of esters is 2. The van der Waals surface area contributed by atoms with Crippen molar-refractivity contribution < 1.29 is 37.9 Å². The van der Waals surface area contributed by atoms with Crippen LogP contribution in [0.4, 0.5) is 0 Å². The molecule has 0 bridgehead atoms. The largest absolute Gasteiger partial charge is 0.469 e. The lowest BCUT2D eigenvalue weighted by molar-refractivity contribution is -0.161. The zero-order valence-corrected chi connectivity index (χ0v) is 25.9. The summed E-state index contributed by atoms with van der Waals surface area (Å²) < 4.78 is 26.1. The summed E-state index contributed by atoms with van der Waals surface area (Å²) in [7, 11) is -4.73. The van der Waals surface area contributed by atoms with Crippen molar-refractivity contribution in [2.45, 2.75) is 168 Å². The van der Waals surface area contributed by atoms with Gasteiger partial charge in [-0.3, -0.25) is 14.1 Å². The van der Waals surface area contributed by atoms with Crippen LogP contribution in [-0.4, -0.2) is 41.0 Å². The molecule has 0 aliphatic carbocycles. The summed E-state index contributed by atoms with van der Waals surface area (Å²) in [6, 6.07) is 0. The van der Waals surface area contributed by atoms with Gasteiger partial charge in [0.15, 0.2) is 6.10 Å². The zero-order chi connectivity index (χ0) is 29.0. The number of rotatable bonds is 29. The highest BCUT2D eigenvalue weighted by atomic mass is 31.2. The van der Waals surface area contributed by atoms with Crippen LogP contribution in [0.5, 0.6) is 0 Å². The average molecular weight is 579 g/mol. The predicted molar refractivity (Wildman–Crippen MR) is 156 cm³/mol. The molecule has 39 heavy (non-hydrogen) atoms. The van der Waals surface area contributed by atoms with E-state index in [-0.39, 0.29) is 19.4 Å². The van der Waals surface area contributed by atoms with E-state index in [4.69, 9.17) is 19.3 Å². The van der Waals surface area contributed by atoms with Gasteiger partial charge in [0, 0.05) is 12.8 Å². The first-order valence-electron chi connectivity index (χ1n) is 15.8. The van der Waals surface area contributed by atoms with Crippen molar-refractivity contribution >= 4 is 19.8 Å². The molecule has 0 spiro atoms. The molecular formula is C30H59O8P. The quantitative estimate of drug-likeness (QED) is 0.0514. The average Bonchev–Trinajstić information content (AvgIpc) is 2.89. The van der Waals surface area contributed by atoms with Gasteiger partial charge in [-0.2, -0.15) is 0 Å². The molecule has 0 saturated carbocycles. The van der Waals surface area contributed by atoms with Gasteiger partial charge < -0.3 is 19.3 Å². The Morgan fingerprint density at radius 2 is 0.923 bits per heavy atom. The molecule has 0 aromatic carbocycles. The van der Waals surface area contributed by atoms with E-state index in [2.05, 4.69) is 18.4 Å². The van der Waals surface area contributed by atoms with Crippen LogP contribution in [0.3, 0.4) is 0 Å². The molecule has 0 amide bonds. The predicted octanol–water partition coefficient (Wildman–Crippen LogP) is 8.56. The highest BCUT2D eigenvalue weighted by Gasteiger charge is 2.22. The zero-order valence-electron chi connectivity index (χ0n) is 25.0. The summed E-state index contributed by atoms with van der Waals surface area (Å²) in [6.07, 6.45) is 24.1. The third-order valence-corrected chi connectivity index (χ3v) is 7.36. The molecule has 0 aromatic rings. The Hall–Kier alpha value is -0.950. The minimum Gasteiger partial charge on any atom is -0.462 e. The van der Waals surface area contributed by atoms with Crippen molar-refractivity contribution in [2.75, 3.05) is 13.2 Å². The minimum atomic E-state index is -4.73. The normalized spacial score (nSPS) is 12.4. The maximum atomic E-state index is 12.2. The maximum Gasteiger partial charge on any atom is 0.469 e. The number of unbranched alkanes of at least 4 members (excludes halogenated alkanes) is 19. The van der Waals surface area contributed by atoms with E-state index >= 15 is 0 Å². The van der Waals surface area contributed by atoms with Crippen LogP contribution in [0.15, 0.2) is 0 Å². The standard InChI is InChI=1S/C30H59O8P/c1-3-5-7-9-11-13-14-15-16-17-19-21-23-25-30(32)38-28(27-37-39(33,34)35)26-36-29(31)24-22-20-18-12-10-8-6-4-2/h28H,3-27H2,1-2H3,(H2,33,34,35)/t28-/m1/s1. The number of carbonyl (C=O) groups excluding carboxylic acids is 2. The Balaban J connectivity index is 4.00. The molecule has 1 atom stereocenters. The first-order valence-corrected chi connectivity index (χ1v) is 17.4. The highest BCUT2D eigenvalue weighted by molar-refractivity contribution is 7.46. The van der Waals surface area contributed by atoms with E-state index in [0.717, 1.165) is 32.1 Å². The molecule has 0 aliphatic rings. The highest BCUT2D eigenvalue weighted by Crippen LogP contribution is 2.35. The molecule has 0 aliphatic heterocycles. The fourth-order valence-electron chi connectivity index (χ4n) is 4.49. The van der Waals surface area contributed by atoms with Crippen molar-refractivity contribution in [3.05, 3.63) is 0 Å². The third kappa shape index (κ3) is 29.8. The van der Waals surface area contributed by atoms with Crippen molar-refractivity contribution in [1.29, 1.82) is 0 Å². The Kier molecular flexibility index (Phi) is 26.6. The molecule has 0 saturated heterocycles. The Labute approximate surface area is 238 Å². The fourth-order valence-corrected chi connectivity index (χ4v) is 4.85. The lowest BCUT2D eigenvalue weighted by Crippen LogP contribution is -2.29. The van der Waals surface area contributed by atoms with Crippen LogP contribution in [0.2, 0.25) is 0 Å². The maximum absolute atomic E-state index is 12.2. The molecule has 232 valence electrons. The van der Waals surface area contributed by atoms with Gasteiger partial charge in [0.25, 0.3) is 0 Å². The first-order chi connectivity index (χ1) is 18.8. The van der Waals surface area contributed by atoms with Crippen LogP contribution in [0.25, 0.3) is 0 Å². The number of hydrogen-bond donors (Lipinski definition) is 2. The third-order valence-electron chi connectivity index (χ3n) is 6.88. The van der Waals surface area contributed by atoms with Crippen LogP contribution in [0.1, 0.15) is 162 Å². The van der Waals surface area contributed by atoms with Crippen LogP contribution in [-0.2, 0) is 28.2 Å². The smallest absolute Gasteiger partial charge is 0.462 e. The van der Waals surface area contributed by atoms with Crippen LogP contribution >= 0.6 is 7.82 Å². The second kappa shape index (κ2) is 27.2.